The van der Waals surface area contributed by atoms with E-state index in [1.54, 1.807) is 26.0 Å². The molecule has 0 aromatic heterocycles. The molecule has 204 valence electrons. The first-order valence-corrected chi connectivity index (χ1v) is 12.6. The lowest BCUT2D eigenvalue weighted by molar-refractivity contribution is 0.0285. The minimum atomic E-state index is -0.523. The fraction of sp³-hybridized carbons (Fsp3) is 0.400. The summed E-state index contributed by atoms with van der Waals surface area (Å²) in [6.45, 7) is 11.3. The summed E-state index contributed by atoms with van der Waals surface area (Å²) < 4.78 is 10.2. The van der Waals surface area contributed by atoms with Crippen LogP contribution in [0.3, 0.4) is 0 Å². The molecule has 0 saturated heterocycles. The van der Waals surface area contributed by atoms with Gasteiger partial charge in [-0.1, -0.05) is 23.3 Å². The Labute approximate surface area is 222 Å². The van der Waals surface area contributed by atoms with Crippen molar-refractivity contribution < 1.29 is 39.5 Å². The Morgan fingerprint density at radius 1 is 0.737 bits per heavy atom. The predicted molar refractivity (Wildman–Crippen MR) is 143 cm³/mol. The van der Waals surface area contributed by atoms with Crippen molar-refractivity contribution >= 4 is 11.9 Å². The third-order valence-corrected chi connectivity index (χ3v) is 6.40. The zero-order valence-electron chi connectivity index (χ0n) is 22.7. The highest BCUT2D eigenvalue weighted by molar-refractivity contribution is 5.97. The molecule has 4 rings (SSSR count). The summed E-state index contributed by atoms with van der Waals surface area (Å²) in [6, 6.07) is 3.11. The maximum Gasteiger partial charge on any atom is 0.342 e. The number of esters is 2. The van der Waals surface area contributed by atoms with E-state index in [1.807, 2.05) is 39.8 Å². The van der Waals surface area contributed by atoms with Crippen molar-refractivity contribution in [2.75, 3.05) is 0 Å². The Morgan fingerprint density at radius 3 is 1.39 bits per heavy atom. The van der Waals surface area contributed by atoms with Crippen LogP contribution in [0.25, 0.3) is 0 Å². The fourth-order valence-corrected chi connectivity index (χ4v) is 4.48. The largest absolute Gasteiger partial charge is 0.508 e. The van der Waals surface area contributed by atoms with Gasteiger partial charge in [-0.3, -0.25) is 0 Å². The molecule has 0 radical (unpaired) electrons. The van der Waals surface area contributed by atoms with Crippen LogP contribution in [0.1, 0.15) is 84.5 Å². The number of cyclic esters (lactones) is 2. The molecule has 2 heterocycles. The molecular weight excluding hydrogens is 488 g/mol. The number of carbonyl (C=O) groups is 2. The number of phenolic OH excluding ortho intramolecular Hbond substituents is 4. The SMILES string of the molecule is CC(C)=CCc1c(O)cc2c(c1O)C(=O)O[C@H](C)C2.CC(C)=CCc1c(O)cc2c(c1O)C(=O)O[C@H](C)C2. The van der Waals surface area contributed by atoms with Crippen molar-refractivity contribution in [2.24, 2.45) is 0 Å². The molecule has 0 saturated carbocycles. The van der Waals surface area contributed by atoms with Crippen molar-refractivity contribution in [3.8, 4) is 23.0 Å². The maximum atomic E-state index is 11.8. The molecule has 8 heteroatoms. The van der Waals surface area contributed by atoms with E-state index in [4.69, 9.17) is 9.47 Å². The van der Waals surface area contributed by atoms with Crippen LogP contribution in [0.4, 0.5) is 0 Å². The van der Waals surface area contributed by atoms with Gasteiger partial charge in [-0.05, 0) is 77.6 Å². The van der Waals surface area contributed by atoms with Crippen LogP contribution >= 0.6 is 0 Å². The van der Waals surface area contributed by atoms with Gasteiger partial charge in [-0.15, -0.1) is 0 Å². The Balaban J connectivity index is 0.000000211. The summed E-state index contributed by atoms with van der Waals surface area (Å²) in [6.07, 6.45) is 5.09. The lowest BCUT2D eigenvalue weighted by Gasteiger charge is -2.23. The van der Waals surface area contributed by atoms with Crippen LogP contribution in [-0.4, -0.2) is 44.6 Å². The van der Waals surface area contributed by atoms with E-state index in [2.05, 4.69) is 0 Å². The van der Waals surface area contributed by atoms with Gasteiger partial charge in [0.2, 0.25) is 0 Å². The zero-order valence-corrected chi connectivity index (χ0v) is 22.7. The molecule has 0 unspecified atom stereocenters. The second-order valence-electron chi connectivity index (χ2n) is 10.3. The molecular formula is C30H36O8. The molecule has 0 fully saturated rings. The molecule has 2 aliphatic heterocycles. The Morgan fingerprint density at radius 2 is 1.08 bits per heavy atom. The minimum Gasteiger partial charge on any atom is -0.508 e. The highest BCUT2D eigenvalue weighted by atomic mass is 16.5. The molecule has 38 heavy (non-hydrogen) atoms. The summed E-state index contributed by atoms with van der Waals surface area (Å²) in [7, 11) is 0. The van der Waals surface area contributed by atoms with Gasteiger partial charge >= 0.3 is 11.9 Å². The number of carbonyl (C=O) groups excluding carboxylic acids is 2. The first-order chi connectivity index (χ1) is 17.8. The smallest absolute Gasteiger partial charge is 0.342 e. The number of ether oxygens (including phenoxy) is 2. The lowest BCUT2D eigenvalue weighted by Crippen LogP contribution is -2.25. The molecule has 0 amide bonds. The molecule has 2 aromatic carbocycles. The molecule has 0 bridgehead atoms. The van der Waals surface area contributed by atoms with E-state index in [9.17, 15) is 30.0 Å². The van der Waals surface area contributed by atoms with Gasteiger partial charge in [0.15, 0.2) is 0 Å². The van der Waals surface area contributed by atoms with Crippen LogP contribution in [0, 0.1) is 0 Å². The highest BCUT2D eigenvalue weighted by Crippen LogP contribution is 2.39. The van der Waals surface area contributed by atoms with Gasteiger partial charge in [0.25, 0.3) is 0 Å². The summed E-state index contributed by atoms with van der Waals surface area (Å²) in [4.78, 5) is 23.7. The number of allylic oxidation sites excluding steroid dienone is 4. The van der Waals surface area contributed by atoms with Crippen LogP contribution < -0.4 is 0 Å². The summed E-state index contributed by atoms with van der Waals surface area (Å²) in [5.41, 5.74) is 4.54. The summed E-state index contributed by atoms with van der Waals surface area (Å²) >= 11 is 0. The number of hydrogen-bond donors (Lipinski definition) is 4. The van der Waals surface area contributed by atoms with Gasteiger partial charge < -0.3 is 29.9 Å². The van der Waals surface area contributed by atoms with Gasteiger partial charge in [0, 0.05) is 24.0 Å². The quantitative estimate of drug-likeness (QED) is 0.308. The number of aromatic hydroxyl groups is 4. The van der Waals surface area contributed by atoms with Gasteiger partial charge in [-0.2, -0.15) is 0 Å². The van der Waals surface area contributed by atoms with E-state index in [0.717, 1.165) is 11.1 Å². The van der Waals surface area contributed by atoms with Crippen LogP contribution in [0.15, 0.2) is 35.4 Å². The number of benzene rings is 2. The molecule has 2 atom stereocenters. The van der Waals surface area contributed by atoms with E-state index in [-0.39, 0.29) is 46.3 Å². The average Bonchev–Trinajstić information content (AvgIpc) is 2.77. The second kappa shape index (κ2) is 11.6. The van der Waals surface area contributed by atoms with Crippen LogP contribution in [0.2, 0.25) is 0 Å². The monoisotopic (exact) mass is 524 g/mol. The minimum absolute atomic E-state index is 0.0238. The van der Waals surface area contributed by atoms with Gasteiger partial charge in [-0.25, -0.2) is 9.59 Å². The third-order valence-electron chi connectivity index (χ3n) is 6.40. The third kappa shape index (κ3) is 6.30. The summed E-state index contributed by atoms with van der Waals surface area (Å²) in [5, 5.41) is 40.4. The molecule has 2 aromatic rings. The van der Waals surface area contributed by atoms with E-state index in [1.165, 1.54) is 0 Å². The highest BCUT2D eigenvalue weighted by Gasteiger charge is 2.30. The molecule has 8 nitrogen and oxygen atoms in total. The molecule has 0 spiro atoms. The number of fused-ring (bicyclic) bond motifs is 2. The molecule has 4 N–H and O–H groups in total. The Bertz CT molecular complexity index is 1210. The number of rotatable bonds is 4. The first-order valence-electron chi connectivity index (χ1n) is 12.6. The van der Waals surface area contributed by atoms with Crippen molar-refractivity contribution in [3.05, 3.63) is 68.8 Å². The summed E-state index contributed by atoms with van der Waals surface area (Å²) in [5.74, 6) is -1.32. The number of phenols is 4. The van der Waals surface area contributed by atoms with Crippen LogP contribution in [0.5, 0.6) is 23.0 Å². The molecule has 2 aliphatic rings. The van der Waals surface area contributed by atoms with Gasteiger partial charge in [0.1, 0.15) is 46.3 Å². The maximum absolute atomic E-state index is 11.8. The van der Waals surface area contributed by atoms with E-state index >= 15 is 0 Å². The van der Waals surface area contributed by atoms with Crippen molar-refractivity contribution in [1.29, 1.82) is 0 Å². The average molecular weight is 525 g/mol. The Hall–Kier alpha value is -3.94. The standard InChI is InChI=1S/2C15H18O4/c2*1-8(2)4-5-11-12(16)7-10-6-9(3)19-15(18)13(10)14(11)17/h2*4,7,9,16-17H,5-6H2,1-3H3/t2*9-/m11/s1. The zero-order chi connectivity index (χ0) is 28.3. The molecule has 0 aliphatic carbocycles. The van der Waals surface area contributed by atoms with Crippen molar-refractivity contribution in [3.63, 3.8) is 0 Å². The number of hydrogen-bond acceptors (Lipinski definition) is 8. The van der Waals surface area contributed by atoms with Crippen molar-refractivity contribution in [1.82, 2.24) is 0 Å². The van der Waals surface area contributed by atoms with E-state index < -0.39 is 11.9 Å². The van der Waals surface area contributed by atoms with Crippen molar-refractivity contribution in [2.45, 2.75) is 79.4 Å². The normalized spacial score (nSPS) is 17.6. The Kier molecular flexibility index (Phi) is 8.76. The second-order valence-corrected chi connectivity index (χ2v) is 10.3. The topological polar surface area (TPSA) is 134 Å². The van der Waals surface area contributed by atoms with Gasteiger partial charge in [0.05, 0.1) is 0 Å². The van der Waals surface area contributed by atoms with Crippen LogP contribution in [-0.2, 0) is 35.2 Å². The predicted octanol–water partition coefficient (Wildman–Crippen LogP) is 5.42. The lowest BCUT2D eigenvalue weighted by atomic mass is 9.93. The fourth-order valence-electron chi connectivity index (χ4n) is 4.48. The van der Waals surface area contributed by atoms with E-state index in [0.29, 0.717) is 47.9 Å². The first kappa shape index (κ1) is 28.6.